The van der Waals surface area contributed by atoms with Crippen LogP contribution in [0.15, 0.2) is 78.0 Å². The third-order valence-corrected chi connectivity index (χ3v) is 6.89. The van der Waals surface area contributed by atoms with E-state index in [0.717, 1.165) is 5.56 Å². The van der Waals surface area contributed by atoms with Gasteiger partial charge in [-0.3, -0.25) is 9.48 Å². The molecule has 3 aromatic rings. The summed E-state index contributed by atoms with van der Waals surface area (Å²) >= 11 is 0. The highest BCUT2D eigenvalue weighted by molar-refractivity contribution is 7.89. The lowest BCUT2D eigenvalue weighted by Gasteiger charge is -2.33. The fourth-order valence-corrected chi connectivity index (χ4v) is 4.83. The molecule has 0 unspecified atom stereocenters. The first-order chi connectivity index (χ1) is 14.0. The summed E-state index contributed by atoms with van der Waals surface area (Å²) in [6.45, 7) is 1.86. The van der Waals surface area contributed by atoms with Crippen molar-refractivity contribution in [3.63, 3.8) is 0 Å². The molecule has 2 aromatic carbocycles. The lowest BCUT2D eigenvalue weighted by Crippen LogP contribution is -2.50. The fraction of sp³-hybridized carbons (Fsp3) is 0.238. The van der Waals surface area contributed by atoms with Crippen molar-refractivity contribution >= 4 is 15.9 Å². The summed E-state index contributed by atoms with van der Waals surface area (Å²) in [4.78, 5) is 14.8. The molecule has 1 aromatic heterocycles. The van der Waals surface area contributed by atoms with Crippen LogP contribution in [0.2, 0.25) is 0 Å². The number of benzene rings is 2. The molecule has 4 rings (SSSR count). The van der Waals surface area contributed by atoms with Gasteiger partial charge < -0.3 is 4.90 Å². The summed E-state index contributed by atoms with van der Waals surface area (Å²) in [5.74, 6) is -0.124. The fourth-order valence-electron chi connectivity index (χ4n) is 3.39. The SMILES string of the molecule is O=C(c1cnn(Cc2ccccc2)c1)N1CCN(S(=O)(=O)c2ccccc2)CC1. The zero-order valence-electron chi connectivity index (χ0n) is 15.9. The molecule has 0 atom stereocenters. The Morgan fingerprint density at radius 2 is 1.52 bits per heavy atom. The molecule has 1 aliphatic rings. The Morgan fingerprint density at radius 1 is 0.897 bits per heavy atom. The molecule has 1 amide bonds. The van der Waals surface area contributed by atoms with Crippen LogP contribution in [0.5, 0.6) is 0 Å². The van der Waals surface area contributed by atoms with E-state index in [2.05, 4.69) is 5.10 Å². The number of nitrogens with zero attached hydrogens (tertiary/aromatic N) is 4. The molecule has 1 fully saturated rings. The van der Waals surface area contributed by atoms with E-state index in [4.69, 9.17) is 0 Å². The van der Waals surface area contributed by atoms with Crippen molar-refractivity contribution in [3.05, 3.63) is 84.2 Å². The first-order valence-corrected chi connectivity index (χ1v) is 10.9. The molecule has 0 saturated carbocycles. The second kappa shape index (κ2) is 8.18. The highest BCUT2D eigenvalue weighted by atomic mass is 32.2. The van der Waals surface area contributed by atoms with Gasteiger partial charge in [0, 0.05) is 32.4 Å². The highest BCUT2D eigenvalue weighted by Gasteiger charge is 2.30. The molecular formula is C21H22N4O3S. The van der Waals surface area contributed by atoms with Gasteiger partial charge >= 0.3 is 0 Å². The minimum absolute atomic E-state index is 0.124. The maximum Gasteiger partial charge on any atom is 0.257 e. The molecule has 7 nitrogen and oxygen atoms in total. The molecule has 0 spiro atoms. The van der Waals surface area contributed by atoms with Crippen molar-refractivity contribution in [3.8, 4) is 0 Å². The van der Waals surface area contributed by atoms with E-state index in [-0.39, 0.29) is 23.9 Å². The van der Waals surface area contributed by atoms with Gasteiger partial charge in [-0.05, 0) is 17.7 Å². The van der Waals surface area contributed by atoms with Gasteiger partial charge in [-0.25, -0.2) is 8.42 Å². The number of piperazine rings is 1. The van der Waals surface area contributed by atoms with E-state index in [1.807, 2.05) is 30.3 Å². The average Bonchev–Trinajstić information content (AvgIpc) is 3.23. The van der Waals surface area contributed by atoms with Crippen molar-refractivity contribution in [2.24, 2.45) is 0 Å². The minimum Gasteiger partial charge on any atom is -0.336 e. The van der Waals surface area contributed by atoms with Crippen LogP contribution in [-0.4, -0.2) is 59.5 Å². The Bertz CT molecular complexity index is 1070. The lowest BCUT2D eigenvalue weighted by molar-refractivity contribution is 0.0698. The quantitative estimate of drug-likeness (QED) is 0.645. The van der Waals surface area contributed by atoms with Crippen LogP contribution in [0.3, 0.4) is 0 Å². The van der Waals surface area contributed by atoms with Crippen LogP contribution >= 0.6 is 0 Å². The molecule has 8 heteroatoms. The zero-order chi connectivity index (χ0) is 20.3. The number of rotatable bonds is 5. The van der Waals surface area contributed by atoms with Crippen molar-refractivity contribution in [2.45, 2.75) is 11.4 Å². The predicted octanol–water partition coefficient (Wildman–Crippen LogP) is 2.08. The van der Waals surface area contributed by atoms with E-state index >= 15 is 0 Å². The van der Waals surface area contributed by atoms with Crippen molar-refractivity contribution in [1.82, 2.24) is 19.0 Å². The first kappa shape index (κ1) is 19.4. The summed E-state index contributed by atoms with van der Waals surface area (Å²) in [6.07, 6.45) is 3.31. The summed E-state index contributed by atoms with van der Waals surface area (Å²) in [5, 5.41) is 4.28. The van der Waals surface area contributed by atoms with Crippen LogP contribution in [0.1, 0.15) is 15.9 Å². The van der Waals surface area contributed by atoms with Crippen LogP contribution in [0.25, 0.3) is 0 Å². The summed E-state index contributed by atoms with van der Waals surface area (Å²) in [6, 6.07) is 18.3. The zero-order valence-corrected chi connectivity index (χ0v) is 16.7. The first-order valence-electron chi connectivity index (χ1n) is 9.45. The number of carbonyl (C=O) groups excluding carboxylic acids is 1. The van der Waals surface area contributed by atoms with Crippen molar-refractivity contribution in [2.75, 3.05) is 26.2 Å². The second-order valence-electron chi connectivity index (χ2n) is 6.92. The predicted molar refractivity (Wildman–Crippen MR) is 109 cm³/mol. The number of hydrogen-bond donors (Lipinski definition) is 0. The van der Waals surface area contributed by atoms with E-state index in [9.17, 15) is 13.2 Å². The van der Waals surface area contributed by atoms with Gasteiger partial charge in [-0.2, -0.15) is 9.40 Å². The second-order valence-corrected chi connectivity index (χ2v) is 8.86. The maximum atomic E-state index is 12.8. The van der Waals surface area contributed by atoms with Crippen LogP contribution < -0.4 is 0 Å². The van der Waals surface area contributed by atoms with Gasteiger partial charge in [-0.15, -0.1) is 0 Å². The third kappa shape index (κ3) is 4.23. The summed E-state index contributed by atoms with van der Waals surface area (Å²) in [7, 11) is -3.53. The number of aromatic nitrogens is 2. The molecule has 150 valence electrons. The Hall–Kier alpha value is -2.97. The Kier molecular flexibility index (Phi) is 5.46. The summed E-state index contributed by atoms with van der Waals surface area (Å²) in [5.41, 5.74) is 1.62. The molecule has 0 bridgehead atoms. The molecule has 29 heavy (non-hydrogen) atoms. The number of carbonyl (C=O) groups is 1. The molecule has 1 saturated heterocycles. The average molecular weight is 410 g/mol. The monoisotopic (exact) mass is 410 g/mol. The van der Waals surface area contributed by atoms with Gasteiger partial charge in [0.1, 0.15) is 0 Å². The third-order valence-electron chi connectivity index (χ3n) is 4.97. The number of hydrogen-bond acceptors (Lipinski definition) is 4. The van der Waals surface area contributed by atoms with Gasteiger partial charge in [-0.1, -0.05) is 48.5 Å². The minimum atomic E-state index is -3.53. The van der Waals surface area contributed by atoms with Crippen LogP contribution in [0, 0.1) is 0 Å². The molecule has 2 heterocycles. The number of amides is 1. The van der Waals surface area contributed by atoms with E-state index in [1.54, 1.807) is 52.3 Å². The molecular weight excluding hydrogens is 388 g/mol. The Morgan fingerprint density at radius 3 is 2.17 bits per heavy atom. The standard InChI is InChI=1S/C21H22N4O3S/c26-21(19-15-22-24(17-19)16-18-7-3-1-4-8-18)23-11-13-25(14-12-23)29(27,28)20-9-5-2-6-10-20/h1-10,15,17H,11-14,16H2. The maximum absolute atomic E-state index is 12.8. The van der Waals surface area contributed by atoms with Crippen molar-refractivity contribution in [1.29, 1.82) is 0 Å². The van der Waals surface area contributed by atoms with Gasteiger partial charge in [0.25, 0.3) is 5.91 Å². The topological polar surface area (TPSA) is 75.5 Å². The normalized spacial score (nSPS) is 15.4. The lowest BCUT2D eigenvalue weighted by atomic mass is 10.2. The van der Waals surface area contributed by atoms with E-state index < -0.39 is 10.0 Å². The van der Waals surface area contributed by atoms with Gasteiger partial charge in [0.15, 0.2) is 0 Å². The molecule has 1 aliphatic heterocycles. The van der Waals surface area contributed by atoms with E-state index in [0.29, 0.717) is 25.2 Å². The number of sulfonamides is 1. The smallest absolute Gasteiger partial charge is 0.257 e. The Labute approximate surface area is 170 Å². The van der Waals surface area contributed by atoms with Crippen LogP contribution in [-0.2, 0) is 16.6 Å². The summed E-state index contributed by atoms with van der Waals surface area (Å²) < 4.78 is 28.6. The largest absolute Gasteiger partial charge is 0.336 e. The highest BCUT2D eigenvalue weighted by Crippen LogP contribution is 2.18. The van der Waals surface area contributed by atoms with Crippen LogP contribution in [0.4, 0.5) is 0 Å². The Balaban J connectivity index is 1.38. The van der Waals surface area contributed by atoms with Gasteiger partial charge in [0.05, 0.1) is 23.2 Å². The molecule has 0 aliphatic carbocycles. The van der Waals surface area contributed by atoms with Crippen molar-refractivity contribution < 1.29 is 13.2 Å². The van der Waals surface area contributed by atoms with E-state index in [1.165, 1.54) is 4.31 Å². The molecule has 0 N–H and O–H groups in total. The van der Waals surface area contributed by atoms with Gasteiger partial charge in [0.2, 0.25) is 10.0 Å². The molecule has 0 radical (unpaired) electrons.